The smallest absolute Gasteiger partial charge is 0.0245 e. The molecular weight excluding hydrogens is 274 g/mol. The van der Waals surface area contributed by atoms with E-state index in [-0.39, 0.29) is 0 Å². The van der Waals surface area contributed by atoms with E-state index in [4.69, 9.17) is 0 Å². The molecule has 0 amide bonds. The molecule has 1 aromatic carbocycles. The molecule has 0 radical (unpaired) electrons. The molecule has 1 heterocycles. The van der Waals surface area contributed by atoms with Crippen LogP contribution in [0, 0.1) is 12.8 Å². The van der Waals surface area contributed by atoms with Gasteiger partial charge in [0.1, 0.15) is 0 Å². The lowest BCUT2D eigenvalue weighted by Crippen LogP contribution is -2.46. The monoisotopic (exact) mass is 295 g/mol. The zero-order valence-electron chi connectivity index (χ0n) is 11.0. The van der Waals surface area contributed by atoms with E-state index in [1.165, 1.54) is 35.0 Å². The maximum atomic E-state index is 3.74. The van der Waals surface area contributed by atoms with Gasteiger partial charge in [-0.1, -0.05) is 41.9 Å². The lowest BCUT2D eigenvalue weighted by Gasteiger charge is -2.34. The van der Waals surface area contributed by atoms with Crippen molar-refractivity contribution in [2.75, 3.05) is 6.54 Å². The standard InChI is InChI=1S/C15H22BrN/c1-11(2)15(7-4-8-17-15)10-13-5-6-14(16)12(3)9-13/h5-6,9,11,17H,4,7-8,10H2,1-3H3. The van der Waals surface area contributed by atoms with Gasteiger partial charge in [-0.15, -0.1) is 0 Å². The van der Waals surface area contributed by atoms with Crippen LogP contribution in [-0.4, -0.2) is 12.1 Å². The minimum absolute atomic E-state index is 0.320. The van der Waals surface area contributed by atoms with Crippen LogP contribution in [0.3, 0.4) is 0 Å². The summed E-state index contributed by atoms with van der Waals surface area (Å²) in [5.41, 5.74) is 3.11. The number of nitrogens with one attached hydrogen (secondary N) is 1. The first kappa shape index (κ1) is 13.1. The first-order valence-corrected chi connectivity index (χ1v) is 7.33. The molecule has 0 saturated carbocycles. The number of benzene rings is 1. The highest BCUT2D eigenvalue weighted by atomic mass is 79.9. The van der Waals surface area contributed by atoms with Gasteiger partial charge in [-0.2, -0.15) is 0 Å². The minimum Gasteiger partial charge on any atom is -0.311 e. The fourth-order valence-corrected chi connectivity index (χ4v) is 3.11. The average Bonchev–Trinajstić information content (AvgIpc) is 2.73. The maximum absolute atomic E-state index is 3.74. The van der Waals surface area contributed by atoms with Crippen LogP contribution in [0.15, 0.2) is 22.7 Å². The molecule has 17 heavy (non-hydrogen) atoms. The maximum Gasteiger partial charge on any atom is 0.0245 e. The van der Waals surface area contributed by atoms with Crippen molar-refractivity contribution in [2.24, 2.45) is 5.92 Å². The molecule has 0 spiro atoms. The Bertz CT molecular complexity index is 392. The molecule has 2 heteroatoms. The molecule has 1 saturated heterocycles. The van der Waals surface area contributed by atoms with Crippen LogP contribution in [0.4, 0.5) is 0 Å². The number of hydrogen-bond acceptors (Lipinski definition) is 1. The third-order valence-electron chi connectivity index (χ3n) is 4.12. The van der Waals surface area contributed by atoms with Gasteiger partial charge >= 0.3 is 0 Å². The lowest BCUT2D eigenvalue weighted by molar-refractivity contribution is 0.269. The van der Waals surface area contributed by atoms with Crippen LogP contribution < -0.4 is 5.32 Å². The number of aryl methyl sites for hydroxylation is 1. The van der Waals surface area contributed by atoms with Gasteiger partial charge in [0.2, 0.25) is 0 Å². The zero-order valence-corrected chi connectivity index (χ0v) is 12.6. The molecule has 1 unspecified atom stereocenters. The molecule has 1 fully saturated rings. The molecule has 94 valence electrons. The van der Waals surface area contributed by atoms with E-state index >= 15 is 0 Å². The van der Waals surface area contributed by atoms with Crippen molar-refractivity contribution in [3.8, 4) is 0 Å². The number of halogens is 1. The van der Waals surface area contributed by atoms with Gasteiger partial charge in [0.25, 0.3) is 0 Å². The largest absolute Gasteiger partial charge is 0.311 e. The Hall–Kier alpha value is -0.340. The Morgan fingerprint density at radius 3 is 2.71 bits per heavy atom. The van der Waals surface area contributed by atoms with E-state index in [0.29, 0.717) is 11.5 Å². The molecule has 1 aliphatic heterocycles. The summed E-state index contributed by atoms with van der Waals surface area (Å²) in [5.74, 6) is 0.689. The number of hydrogen-bond donors (Lipinski definition) is 1. The predicted octanol–water partition coefficient (Wildman–Crippen LogP) is 4.08. The molecular formula is C15H22BrN. The Balaban J connectivity index is 2.20. The second-order valence-corrected chi connectivity index (χ2v) is 6.46. The Kier molecular flexibility index (Phi) is 3.94. The summed E-state index contributed by atoms with van der Waals surface area (Å²) in [6.07, 6.45) is 3.77. The van der Waals surface area contributed by atoms with Crippen molar-refractivity contribution in [2.45, 2.75) is 45.6 Å². The SMILES string of the molecule is Cc1cc(CC2(C(C)C)CCCN2)ccc1Br. The van der Waals surface area contributed by atoms with Crippen molar-refractivity contribution in [1.29, 1.82) is 0 Å². The molecule has 1 aromatic rings. The van der Waals surface area contributed by atoms with Crippen LogP contribution in [0.2, 0.25) is 0 Å². The first-order chi connectivity index (χ1) is 8.03. The quantitative estimate of drug-likeness (QED) is 0.886. The highest BCUT2D eigenvalue weighted by Gasteiger charge is 2.36. The molecule has 1 N–H and O–H groups in total. The zero-order chi connectivity index (χ0) is 12.5. The van der Waals surface area contributed by atoms with Gasteiger partial charge in [0, 0.05) is 10.0 Å². The molecule has 1 nitrogen and oxygen atoms in total. The molecule has 1 aliphatic rings. The van der Waals surface area contributed by atoms with Crippen LogP contribution in [0.1, 0.15) is 37.8 Å². The topological polar surface area (TPSA) is 12.0 Å². The fourth-order valence-electron chi connectivity index (χ4n) is 2.86. The van der Waals surface area contributed by atoms with E-state index in [1.807, 2.05) is 0 Å². The van der Waals surface area contributed by atoms with Crippen molar-refractivity contribution < 1.29 is 0 Å². The summed E-state index contributed by atoms with van der Waals surface area (Å²) < 4.78 is 1.21. The predicted molar refractivity (Wildman–Crippen MR) is 77.4 cm³/mol. The summed E-state index contributed by atoms with van der Waals surface area (Å²) in [5, 5.41) is 3.74. The van der Waals surface area contributed by atoms with Crippen LogP contribution in [0.5, 0.6) is 0 Å². The van der Waals surface area contributed by atoms with Gasteiger partial charge < -0.3 is 5.32 Å². The van der Waals surface area contributed by atoms with Crippen LogP contribution in [-0.2, 0) is 6.42 Å². The summed E-state index contributed by atoms with van der Waals surface area (Å²) in [6.45, 7) is 8.01. The third kappa shape index (κ3) is 2.74. The summed E-state index contributed by atoms with van der Waals surface area (Å²) in [7, 11) is 0. The van der Waals surface area contributed by atoms with Crippen LogP contribution in [0.25, 0.3) is 0 Å². The lowest BCUT2D eigenvalue weighted by atomic mass is 9.79. The second-order valence-electron chi connectivity index (χ2n) is 5.60. The van der Waals surface area contributed by atoms with E-state index in [0.717, 1.165) is 6.42 Å². The number of rotatable bonds is 3. The highest BCUT2D eigenvalue weighted by Crippen LogP contribution is 2.32. The van der Waals surface area contributed by atoms with Gasteiger partial charge in [-0.05, 0) is 55.8 Å². The Morgan fingerprint density at radius 1 is 1.41 bits per heavy atom. The van der Waals surface area contributed by atoms with E-state index < -0.39 is 0 Å². The fraction of sp³-hybridized carbons (Fsp3) is 0.600. The Labute approximate surface area is 113 Å². The molecule has 1 atom stereocenters. The normalized spacial score (nSPS) is 24.5. The van der Waals surface area contributed by atoms with Crippen molar-refractivity contribution in [3.63, 3.8) is 0 Å². The summed E-state index contributed by atoms with van der Waals surface area (Å²) >= 11 is 3.57. The molecule has 0 aromatic heterocycles. The molecule has 2 rings (SSSR count). The average molecular weight is 296 g/mol. The van der Waals surface area contributed by atoms with Crippen LogP contribution >= 0.6 is 15.9 Å². The van der Waals surface area contributed by atoms with Gasteiger partial charge in [-0.25, -0.2) is 0 Å². The van der Waals surface area contributed by atoms with E-state index in [9.17, 15) is 0 Å². The van der Waals surface area contributed by atoms with Crippen molar-refractivity contribution in [1.82, 2.24) is 5.32 Å². The van der Waals surface area contributed by atoms with E-state index in [2.05, 4.69) is 60.2 Å². The highest BCUT2D eigenvalue weighted by molar-refractivity contribution is 9.10. The van der Waals surface area contributed by atoms with Gasteiger partial charge in [0.05, 0.1) is 0 Å². The Morgan fingerprint density at radius 2 is 2.18 bits per heavy atom. The second kappa shape index (κ2) is 5.11. The first-order valence-electron chi connectivity index (χ1n) is 6.53. The summed E-state index contributed by atoms with van der Waals surface area (Å²) in [4.78, 5) is 0. The third-order valence-corrected chi connectivity index (χ3v) is 5.01. The van der Waals surface area contributed by atoms with Crippen molar-refractivity contribution in [3.05, 3.63) is 33.8 Å². The minimum atomic E-state index is 0.320. The van der Waals surface area contributed by atoms with E-state index in [1.54, 1.807) is 0 Å². The van der Waals surface area contributed by atoms with Gasteiger partial charge in [0.15, 0.2) is 0 Å². The molecule has 0 bridgehead atoms. The molecule has 0 aliphatic carbocycles. The summed E-state index contributed by atoms with van der Waals surface area (Å²) in [6, 6.07) is 6.74. The van der Waals surface area contributed by atoms with Gasteiger partial charge in [-0.3, -0.25) is 0 Å². The van der Waals surface area contributed by atoms with Crippen molar-refractivity contribution >= 4 is 15.9 Å².